The highest BCUT2D eigenvalue weighted by Gasteiger charge is 2.54. The van der Waals surface area contributed by atoms with Crippen LogP contribution in [0.2, 0.25) is 0 Å². The first-order valence-corrected chi connectivity index (χ1v) is 9.06. The Labute approximate surface area is 142 Å². The quantitative estimate of drug-likeness (QED) is 0.903. The predicted octanol–water partition coefficient (Wildman–Crippen LogP) is 3.37. The zero-order valence-electron chi connectivity index (χ0n) is 13.1. The van der Waals surface area contributed by atoms with E-state index in [1.165, 1.54) is 23.9 Å². The maximum Gasteiger partial charge on any atom is 0.155 e. The van der Waals surface area contributed by atoms with Gasteiger partial charge in [0.25, 0.3) is 0 Å². The summed E-state index contributed by atoms with van der Waals surface area (Å²) in [6.45, 7) is -0.410. The number of nitrogens with zero attached hydrogens (tertiary/aromatic N) is 1. The molecule has 4 atom stereocenters. The number of nitrogens with two attached hydrogens (primary N) is 1. The van der Waals surface area contributed by atoms with E-state index >= 15 is 0 Å². The number of benzene rings is 1. The Morgan fingerprint density at radius 3 is 2.79 bits per heavy atom. The number of rotatable bonds is 3. The largest absolute Gasteiger partial charge is 0.379 e. The Hall–Kier alpha value is -1.21. The van der Waals surface area contributed by atoms with Crippen molar-refractivity contribution in [2.45, 2.75) is 36.2 Å². The highest BCUT2D eigenvalue weighted by molar-refractivity contribution is 8.14. The van der Waals surface area contributed by atoms with Crippen LogP contribution in [0.25, 0.3) is 0 Å². The molecule has 24 heavy (non-hydrogen) atoms. The lowest BCUT2D eigenvalue weighted by atomic mass is 9.72. The molecular formula is C17H19F3N2OS. The second-order valence-corrected chi connectivity index (χ2v) is 8.10. The summed E-state index contributed by atoms with van der Waals surface area (Å²) in [6, 6.07) is 3.43. The third kappa shape index (κ3) is 2.62. The fourth-order valence-corrected chi connectivity index (χ4v) is 5.09. The number of hydrogen-bond donors (Lipinski definition) is 1. The van der Waals surface area contributed by atoms with E-state index in [9.17, 15) is 13.2 Å². The number of amidine groups is 1. The number of aliphatic imine (C=N–C) groups is 1. The summed E-state index contributed by atoms with van der Waals surface area (Å²) in [6.07, 6.45) is 2.93. The van der Waals surface area contributed by atoms with Gasteiger partial charge in [-0.1, -0.05) is 17.8 Å². The highest BCUT2D eigenvalue weighted by Crippen LogP contribution is 2.52. The standard InChI is InChI=1S/C17H19F3N2OS/c18-7-15-12-6-14(9-1-2-9)23-8-17(12,22-16(21)24-15)11-4-3-10(19)5-13(11)20/h3-5,9,12,14-15H,1-2,6-8H2,(H2,21,22). The van der Waals surface area contributed by atoms with Gasteiger partial charge in [-0.15, -0.1) is 0 Å². The monoisotopic (exact) mass is 356 g/mol. The molecule has 0 radical (unpaired) electrons. The first kappa shape index (κ1) is 16.3. The van der Waals surface area contributed by atoms with E-state index in [1.807, 2.05) is 0 Å². The highest BCUT2D eigenvalue weighted by atomic mass is 32.2. The Kier molecular flexibility index (Phi) is 4.03. The zero-order valence-corrected chi connectivity index (χ0v) is 13.9. The molecule has 1 aromatic rings. The molecule has 2 aliphatic heterocycles. The van der Waals surface area contributed by atoms with E-state index in [4.69, 9.17) is 10.5 Å². The Bertz CT molecular complexity index is 682. The maximum absolute atomic E-state index is 14.5. The van der Waals surface area contributed by atoms with Crippen LogP contribution < -0.4 is 5.73 Å². The Balaban J connectivity index is 1.79. The molecule has 3 aliphatic rings. The lowest BCUT2D eigenvalue weighted by Gasteiger charge is -2.49. The van der Waals surface area contributed by atoms with E-state index in [-0.39, 0.29) is 29.4 Å². The van der Waals surface area contributed by atoms with Gasteiger partial charge in [0.15, 0.2) is 5.17 Å². The first-order chi connectivity index (χ1) is 11.5. The summed E-state index contributed by atoms with van der Waals surface area (Å²) >= 11 is 1.21. The van der Waals surface area contributed by atoms with Crippen LogP contribution in [0, 0.1) is 23.5 Å². The summed E-state index contributed by atoms with van der Waals surface area (Å²) in [5, 5.41) is -0.164. The lowest BCUT2D eigenvalue weighted by molar-refractivity contribution is -0.0736. The zero-order chi connectivity index (χ0) is 16.9. The van der Waals surface area contributed by atoms with Gasteiger partial charge in [0.05, 0.1) is 12.7 Å². The summed E-state index contributed by atoms with van der Waals surface area (Å²) in [5.74, 6) is -1.05. The predicted molar refractivity (Wildman–Crippen MR) is 87.6 cm³/mol. The average molecular weight is 356 g/mol. The van der Waals surface area contributed by atoms with Gasteiger partial charge in [0.2, 0.25) is 0 Å². The number of fused-ring (bicyclic) bond motifs is 1. The smallest absolute Gasteiger partial charge is 0.155 e. The fraction of sp³-hybridized carbons (Fsp3) is 0.588. The minimum atomic E-state index is -1.07. The SMILES string of the molecule is NC1=NC2(c3ccc(F)cc3F)COC(C3CC3)CC2C(CF)S1. The summed E-state index contributed by atoms with van der Waals surface area (Å²) < 4.78 is 47.5. The van der Waals surface area contributed by atoms with Gasteiger partial charge < -0.3 is 10.5 Å². The molecule has 0 amide bonds. The minimum Gasteiger partial charge on any atom is -0.379 e. The summed E-state index contributed by atoms with van der Waals surface area (Å²) in [4.78, 5) is 4.51. The molecule has 2 N–H and O–H groups in total. The number of halogens is 3. The molecule has 1 aromatic carbocycles. The molecule has 130 valence electrons. The Morgan fingerprint density at radius 1 is 1.33 bits per heavy atom. The molecule has 1 saturated heterocycles. The molecule has 1 saturated carbocycles. The van der Waals surface area contributed by atoms with Gasteiger partial charge in [-0.25, -0.2) is 18.2 Å². The average Bonchev–Trinajstić information content (AvgIpc) is 3.38. The van der Waals surface area contributed by atoms with Gasteiger partial charge in [-0.05, 0) is 31.2 Å². The third-order valence-corrected chi connectivity index (χ3v) is 6.44. The molecule has 0 spiro atoms. The van der Waals surface area contributed by atoms with Crippen LogP contribution in [-0.2, 0) is 10.3 Å². The molecule has 7 heteroatoms. The molecule has 0 aromatic heterocycles. The Morgan fingerprint density at radius 2 is 2.12 bits per heavy atom. The van der Waals surface area contributed by atoms with Gasteiger partial charge >= 0.3 is 0 Å². The number of ether oxygens (including phenoxy) is 1. The van der Waals surface area contributed by atoms with Crippen LogP contribution in [-0.4, -0.2) is 29.8 Å². The van der Waals surface area contributed by atoms with Crippen molar-refractivity contribution >= 4 is 16.9 Å². The second kappa shape index (κ2) is 5.95. The number of alkyl halides is 1. The van der Waals surface area contributed by atoms with Crippen LogP contribution in [0.15, 0.2) is 23.2 Å². The maximum atomic E-state index is 14.5. The van der Waals surface area contributed by atoms with Crippen molar-refractivity contribution in [3.63, 3.8) is 0 Å². The first-order valence-electron chi connectivity index (χ1n) is 8.18. The van der Waals surface area contributed by atoms with Gasteiger partial charge in [-0.3, -0.25) is 0 Å². The topological polar surface area (TPSA) is 47.6 Å². The van der Waals surface area contributed by atoms with Crippen molar-refractivity contribution in [2.24, 2.45) is 22.6 Å². The van der Waals surface area contributed by atoms with Crippen LogP contribution in [0.5, 0.6) is 0 Å². The van der Waals surface area contributed by atoms with Crippen LogP contribution in [0.4, 0.5) is 13.2 Å². The number of thioether (sulfide) groups is 1. The van der Waals surface area contributed by atoms with E-state index < -0.39 is 29.1 Å². The lowest BCUT2D eigenvalue weighted by Crippen LogP contribution is -2.54. The van der Waals surface area contributed by atoms with Crippen molar-refractivity contribution in [2.75, 3.05) is 13.3 Å². The van der Waals surface area contributed by atoms with Gasteiger partial charge in [0.1, 0.15) is 23.8 Å². The number of hydrogen-bond acceptors (Lipinski definition) is 4. The van der Waals surface area contributed by atoms with Crippen LogP contribution >= 0.6 is 11.8 Å². The van der Waals surface area contributed by atoms with Gasteiger partial charge in [-0.2, -0.15) is 0 Å². The molecule has 4 rings (SSSR count). The van der Waals surface area contributed by atoms with Gasteiger partial charge in [0, 0.05) is 22.8 Å². The van der Waals surface area contributed by atoms with E-state index in [2.05, 4.69) is 4.99 Å². The molecule has 0 bridgehead atoms. The summed E-state index contributed by atoms with van der Waals surface area (Å²) in [5.41, 5.74) is 5.08. The second-order valence-electron chi connectivity index (χ2n) is 6.84. The summed E-state index contributed by atoms with van der Waals surface area (Å²) in [7, 11) is 0. The molecule has 3 nitrogen and oxygen atoms in total. The normalized spacial score (nSPS) is 36.1. The third-order valence-electron chi connectivity index (χ3n) is 5.35. The van der Waals surface area contributed by atoms with E-state index in [0.29, 0.717) is 12.3 Å². The molecule has 2 fully saturated rings. The van der Waals surface area contributed by atoms with Crippen molar-refractivity contribution in [1.82, 2.24) is 0 Å². The molecule has 2 heterocycles. The molecule has 1 aliphatic carbocycles. The van der Waals surface area contributed by atoms with Crippen LogP contribution in [0.1, 0.15) is 24.8 Å². The van der Waals surface area contributed by atoms with Crippen molar-refractivity contribution in [1.29, 1.82) is 0 Å². The van der Waals surface area contributed by atoms with Crippen molar-refractivity contribution in [3.05, 3.63) is 35.4 Å². The fourth-order valence-electron chi connectivity index (χ4n) is 4.00. The molecular weight excluding hydrogens is 337 g/mol. The molecule has 4 unspecified atom stereocenters. The minimum absolute atomic E-state index is 0.0656. The van der Waals surface area contributed by atoms with Crippen molar-refractivity contribution in [3.8, 4) is 0 Å². The van der Waals surface area contributed by atoms with Crippen molar-refractivity contribution < 1.29 is 17.9 Å². The van der Waals surface area contributed by atoms with Crippen LogP contribution in [0.3, 0.4) is 0 Å². The van der Waals surface area contributed by atoms with E-state index in [1.54, 1.807) is 0 Å². The van der Waals surface area contributed by atoms with E-state index in [0.717, 1.165) is 18.9 Å².